The Balaban J connectivity index is 1.65. The van der Waals surface area contributed by atoms with Crippen LogP contribution in [-0.4, -0.2) is 31.4 Å². The van der Waals surface area contributed by atoms with Crippen molar-refractivity contribution >= 4 is 40.4 Å². The van der Waals surface area contributed by atoms with Gasteiger partial charge in [0.2, 0.25) is 0 Å². The second kappa shape index (κ2) is 9.60. The molecule has 144 valence electrons. The van der Waals surface area contributed by atoms with Crippen molar-refractivity contribution in [2.45, 2.75) is 25.6 Å². The number of rotatable bonds is 7. The molecule has 3 rings (SSSR count). The minimum absolute atomic E-state index is 0.229. The zero-order valence-electron chi connectivity index (χ0n) is 15.0. The summed E-state index contributed by atoms with van der Waals surface area (Å²) in [6.45, 7) is 1.79. The van der Waals surface area contributed by atoms with Crippen LogP contribution in [0.2, 0.25) is 10.0 Å². The Kier molecular flexibility index (Phi) is 7.19. The lowest BCUT2D eigenvalue weighted by Gasteiger charge is -2.16. The Morgan fingerprint density at radius 2 is 2.00 bits per heavy atom. The molecule has 0 unspecified atom stereocenters. The van der Waals surface area contributed by atoms with Crippen molar-refractivity contribution in [1.29, 1.82) is 0 Å². The number of benzene rings is 2. The van der Waals surface area contributed by atoms with E-state index in [0.29, 0.717) is 33.1 Å². The Hall–Kier alpha value is -1.53. The van der Waals surface area contributed by atoms with Gasteiger partial charge < -0.3 is 19.5 Å². The van der Waals surface area contributed by atoms with Gasteiger partial charge >= 0.3 is 0 Å². The van der Waals surface area contributed by atoms with Gasteiger partial charge in [0, 0.05) is 34.3 Å². The molecule has 0 bridgehead atoms. The summed E-state index contributed by atoms with van der Waals surface area (Å²) in [5.74, 6) is 1.19. The SMILES string of the molecule is COc1cc(C(=S)NC[C@H]2CCCO2)ccc1OCc1c(Cl)cccc1Cl. The molecule has 27 heavy (non-hydrogen) atoms. The Morgan fingerprint density at radius 3 is 2.67 bits per heavy atom. The van der Waals surface area contributed by atoms with E-state index in [-0.39, 0.29) is 12.7 Å². The molecule has 0 aliphatic carbocycles. The van der Waals surface area contributed by atoms with E-state index in [1.165, 1.54) is 0 Å². The molecule has 0 spiro atoms. The molecule has 0 amide bonds. The maximum absolute atomic E-state index is 6.19. The number of hydrogen-bond acceptors (Lipinski definition) is 4. The summed E-state index contributed by atoms with van der Waals surface area (Å²) in [4.78, 5) is 0.657. The summed E-state index contributed by atoms with van der Waals surface area (Å²) < 4.78 is 16.9. The van der Waals surface area contributed by atoms with Gasteiger partial charge in [0.15, 0.2) is 11.5 Å². The number of halogens is 2. The fourth-order valence-electron chi connectivity index (χ4n) is 2.86. The molecule has 1 aliphatic rings. The highest BCUT2D eigenvalue weighted by atomic mass is 35.5. The molecule has 2 aromatic rings. The normalized spacial score (nSPS) is 16.2. The summed E-state index contributed by atoms with van der Waals surface area (Å²) in [5.41, 5.74) is 1.60. The standard InChI is InChI=1S/C20H21Cl2NO3S/c1-24-19-10-13(20(27)23-11-14-4-3-9-25-14)7-8-18(19)26-12-15-16(21)5-2-6-17(15)22/h2,5-8,10,14H,3-4,9,11-12H2,1H3,(H,23,27)/t14-/m1/s1. The van der Waals surface area contributed by atoms with E-state index in [0.717, 1.165) is 30.6 Å². The molecule has 1 heterocycles. The maximum Gasteiger partial charge on any atom is 0.161 e. The topological polar surface area (TPSA) is 39.7 Å². The van der Waals surface area contributed by atoms with Crippen LogP contribution in [0.15, 0.2) is 36.4 Å². The van der Waals surface area contributed by atoms with Gasteiger partial charge in [-0.15, -0.1) is 0 Å². The molecule has 0 saturated carbocycles. The zero-order chi connectivity index (χ0) is 19.2. The smallest absolute Gasteiger partial charge is 0.161 e. The molecular formula is C20H21Cl2NO3S. The first-order valence-corrected chi connectivity index (χ1v) is 9.88. The molecule has 1 atom stereocenters. The highest BCUT2D eigenvalue weighted by molar-refractivity contribution is 7.80. The van der Waals surface area contributed by atoms with Crippen molar-refractivity contribution in [3.05, 3.63) is 57.6 Å². The van der Waals surface area contributed by atoms with Crippen LogP contribution >= 0.6 is 35.4 Å². The minimum atomic E-state index is 0.229. The lowest BCUT2D eigenvalue weighted by atomic mass is 10.2. The summed E-state index contributed by atoms with van der Waals surface area (Å²) in [6, 6.07) is 11.0. The van der Waals surface area contributed by atoms with Crippen molar-refractivity contribution in [1.82, 2.24) is 5.32 Å². The van der Waals surface area contributed by atoms with Gasteiger partial charge in [-0.05, 0) is 43.2 Å². The molecule has 0 radical (unpaired) electrons. The third-order valence-electron chi connectivity index (χ3n) is 4.37. The molecular weight excluding hydrogens is 405 g/mol. The van der Waals surface area contributed by atoms with Gasteiger partial charge in [-0.2, -0.15) is 0 Å². The minimum Gasteiger partial charge on any atom is -0.493 e. The number of ether oxygens (including phenoxy) is 3. The largest absolute Gasteiger partial charge is 0.493 e. The lowest BCUT2D eigenvalue weighted by molar-refractivity contribution is 0.114. The highest BCUT2D eigenvalue weighted by Crippen LogP contribution is 2.31. The predicted octanol–water partition coefficient (Wildman–Crippen LogP) is 5.03. The molecule has 1 saturated heterocycles. The van der Waals surface area contributed by atoms with Gasteiger partial charge in [-0.1, -0.05) is 41.5 Å². The van der Waals surface area contributed by atoms with E-state index in [4.69, 9.17) is 49.6 Å². The third-order valence-corrected chi connectivity index (χ3v) is 5.46. The first-order chi connectivity index (χ1) is 13.1. The lowest BCUT2D eigenvalue weighted by Crippen LogP contribution is -2.31. The molecule has 7 heteroatoms. The van der Waals surface area contributed by atoms with Crippen molar-refractivity contribution < 1.29 is 14.2 Å². The summed E-state index contributed by atoms with van der Waals surface area (Å²) >= 11 is 17.9. The first kappa shape index (κ1) is 20.2. The van der Waals surface area contributed by atoms with Crippen molar-refractivity contribution in [3.8, 4) is 11.5 Å². The third kappa shape index (κ3) is 5.26. The average molecular weight is 426 g/mol. The van der Waals surface area contributed by atoms with Gasteiger partial charge in [-0.25, -0.2) is 0 Å². The second-order valence-electron chi connectivity index (χ2n) is 6.20. The maximum atomic E-state index is 6.19. The fraction of sp³-hybridized carbons (Fsp3) is 0.350. The van der Waals surface area contributed by atoms with Crippen LogP contribution in [0.4, 0.5) is 0 Å². The van der Waals surface area contributed by atoms with Crippen LogP contribution in [0.1, 0.15) is 24.0 Å². The summed E-state index contributed by atoms with van der Waals surface area (Å²) in [6.07, 6.45) is 2.40. The monoisotopic (exact) mass is 425 g/mol. The van der Waals surface area contributed by atoms with Crippen LogP contribution < -0.4 is 14.8 Å². The second-order valence-corrected chi connectivity index (χ2v) is 7.42. The van der Waals surface area contributed by atoms with Crippen molar-refractivity contribution in [2.75, 3.05) is 20.3 Å². The van der Waals surface area contributed by atoms with E-state index < -0.39 is 0 Å². The fourth-order valence-corrected chi connectivity index (χ4v) is 3.58. The van der Waals surface area contributed by atoms with Crippen LogP contribution in [0.3, 0.4) is 0 Å². The first-order valence-electron chi connectivity index (χ1n) is 8.72. The van der Waals surface area contributed by atoms with Crippen LogP contribution in [0.5, 0.6) is 11.5 Å². The molecule has 1 N–H and O–H groups in total. The van der Waals surface area contributed by atoms with Crippen LogP contribution in [0, 0.1) is 0 Å². The van der Waals surface area contributed by atoms with Gasteiger partial charge in [0.25, 0.3) is 0 Å². The molecule has 2 aromatic carbocycles. The Morgan fingerprint density at radius 1 is 1.22 bits per heavy atom. The van der Waals surface area contributed by atoms with Crippen LogP contribution in [-0.2, 0) is 11.3 Å². The molecule has 1 aliphatic heterocycles. The molecule has 4 nitrogen and oxygen atoms in total. The van der Waals surface area contributed by atoms with E-state index in [2.05, 4.69) is 5.32 Å². The van der Waals surface area contributed by atoms with Gasteiger partial charge in [-0.3, -0.25) is 0 Å². The van der Waals surface area contributed by atoms with Crippen molar-refractivity contribution in [2.24, 2.45) is 0 Å². The quantitative estimate of drug-likeness (QED) is 0.630. The summed E-state index contributed by atoms with van der Waals surface area (Å²) in [7, 11) is 1.59. The van der Waals surface area contributed by atoms with Gasteiger partial charge in [0.1, 0.15) is 11.6 Å². The van der Waals surface area contributed by atoms with E-state index in [1.54, 1.807) is 25.3 Å². The number of methoxy groups -OCH3 is 1. The summed E-state index contributed by atoms with van der Waals surface area (Å²) in [5, 5.41) is 4.39. The Labute approximate surface area is 174 Å². The van der Waals surface area contributed by atoms with Crippen molar-refractivity contribution in [3.63, 3.8) is 0 Å². The van der Waals surface area contributed by atoms with Gasteiger partial charge in [0.05, 0.1) is 13.2 Å². The predicted molar refractivity (Wildman–Crippen MR) is 112 cm³/mol. The van der Waals surface area contributed by atoms with E-state index in [9.17, 15) is 0 Å². The Bertz CT molecular complexity index is 790. The average Bonchev–Trinajstić information content (AvgIpc) is 3.19. The number of nitrogens with one attached hydrogen (secondary N) is 1. The van der Waals surface area contributed by atoms with Crippen LogP contribution in [0.25, 0.3) is 0 Å². The number of thiocarbonyl (C=S) groups is 1. The zero-order valence-corrected chi connectivity index (χ0v) is 17.3. The highest BCUT2D eigenvalue weighted by Gasteiger charge is 2.16. The number of hydrogen-bond donors (Lipinski definition) is 1. The van der Waals surface area contributed by atoms with E-state index in [1.807, 2.05) is 18.2 Å². The van der Waals surface area contributed by atoms with E-state index >= 15 is 0 Å². The molecule has 0 aromatic heterocycles. The molecule has 1 fully saturated rings.